The summed E-state index contributed by atoms with van der Waals surface area (Å²) in [4.78, 5) is 14.6. The Labute approximate surface area is 107 Å². The standard InChI is InChI=1S/C10H10ClN5O2/c11-8-5-7(10(17)18)6-13-9(8)12-1-3-16-4-2-14-15-16/h2,4-6H,1,3H2,(H,12,13)(H,17,18). The highest BCUT2D eigenvalue weighted by Crippen LogP contribution is 2.19. The van der Waals surface area contributed by atoms with Gasteiger partial charge in [0.15, 0.2) is 0 Å². The van der Waals surface area contributed by atoms with Gasteiger partial charge in [0.05, 0.1) is 23.3 Å². The molecule has 2 rings (SSSR count). The third kappa shape index (κ3) is 2.95. The van der Waals surface area contributed by atoms with Crippen molar-refractivity contribution in [3.8, 4) is 0 Å². The van der Waals surface area contributed by atoms with Crippen LogP contribution in [-0.4, -0.2) is 37.6 Å². The number of carboxylic acids is 1. The molecule has 0 amide bonds. The van der Waals surface area contributed by atoms with Crippen LogP contribution >= 0.6 is 11.6 Å². The van der Waals surface area contributed by atoms with Crippen LogP contribution in [0.4, 0.5) is 5.82 Å². The summed E-state index contributed by atoms with van der Waals surface area (Å²) in [7, 11) is 0. The lowest BCUT2D eigenvalue weighted by Crippen LogP contribution is -2.12. The van der Waals surface area contributed by atoms with E-state index in [0.717, 1.165) is 0 Å². The normalized spacial score (nSPS) is 10.3. The van der Waals surface area contributed by atoms with Gasteiger partial charge >= 0.3 is 5.97 Å². The fourth-order valence-electron chi connectivity index (χ4n) is 1.33. The van der Waals surface area contributed by atoms with E-state index in [1.54, 1.807) is 17.1 Å². The third-order valence-corrected chi connectivity index (χ3v) is 2.48. The molecular weight excluding hydrogens is 258 g/mol. The molecule has 8 heteroatoms. The summed E-state index contributed by atoms with van der Waals surface area (Å²) >= 11 is 5.91. The number of nitrogens with zero attached hydrogens (tertiary/aromatic N) is 4. The van der Waals surface area contributed by atoms with Crippen LogP contribution in [0.2, 0.25) is 5.02 Å². The van der Waals surface area contributed by atoms with Crippen molar-refractivity contribution in [1.29, 1.82) is 0 Å². The molecule has 0 aliphatic carbocycles. The number of carbonyl (C=O) groups is 1. The Bertz CT molecular complexity index is 543. The number of anilines is 1. The summed E-state index contributed by atoms with van der Waals surface area (Å²) in [6.45, 7) is 1.17. The molecule has 0 aromatic carbocycles. The van der Waals surface area contributed by atoms with Gasteiger partial charge in [-0.25, -0.2) is 9.78 Å². The minimum Gasteiger partial charge on any atom is -0.478 e. The van der Waals surface area contributed by atoms with Crippen LogP contribution in [0.25, 0.3) is 0 Å². The van der Waals surface area contributed by atoms with E-state index >= 15 is 0 Å². The molecule has 0 radical (unpaired) electrons. The summed E-state index contributed by atoms with van der Waals surface area (Å²) in [6.07, 6.45) is 4.59. The van der Waals surface area contributed by atoms with E-state index in [1.165, 1.54) is 12.3 Å². The van der Waals surface area contributed by atoms with Gasteiger partial charge in [-0.05, 0) is 6.07 Å². The van der Waals surface area contributed by atoms with Gasteiger partial charge in [-0.2, -0.15) is 0 Å². The Morgan fingerprint density at radius 2 is 2.39 bits per heavy atom. The molecule has 2 aromatic heterocycles. The summed E-state index contributed by atoms with van der Waals surface area (Å²) < 4.78 is 1.66. The molecule has 0 spiro atoms. The van der Waals surface area contributed by atoms with E-state index in [0.29, 0.717) is 18.9 Å². The van der Waals surface area contributed by atoms with Gasteiger partial charge in [-0.3, -0.25) is 4.68 Å². The highest BCUT2D eigenvalue weighted by Gasteiger charge is 2.07. The first-order valence-electron chi connectivity index (χ1n) is 5.13. The van der Waals surface area contributed by atoms with E-state index in [-0.39, 0.29) is 10.6 Å². The van der Waals surface area contributed by atoms with Crippen molar-refractivity contribution in [2.24, 2.45) is 0 Å². The second-order valence-corrected chi connectivity index (χ2v) is 3.86. The Kier molecular flexibility index (Phi) is 3.73. The second kappa shape index (κ2) is 5.46. The number of pyridine rings is 1. The quantitative estimate of drug-likeness (QED) is 0.844. The van der Waals surface area contributed by atoms with E-state index in [4.69, 9.17) is 16.7 Å². The molecular formula is C10H10ClN5O2. The zero-order valence-corrected chi connectivity index (χ0v) is 10.0. The zero-order valence-electron chi connectivity index (χ0n) is 9.25. The summed E-state index contributed by atoms with van der Waals surface area (Å²) in [5.41, 5.74) is 0.0572. The van der Waals surface area contributed by atoms with Gasteiger partial charge in [0.25, 0.3) is 0 Å². The van der Waals surface area contributed by atoms with E-state index in [9.17, 15) is 4.79 Å². The fourth-order valence-corrected chi connectivity index (χ4v) is 1.56. The molecule has 0 aliphatic heterocycles. The number of hydrogen-bond donors (Lipinski definition) is 2. The Hall–Kier alpha value is -2.15. The lowest BCUT2D eigenvalue weighted by Gasteiger charge is -2.07. The maximum Gasteiger partial charge on any atom is 0.337 e. The maximum atomic E-state index is 10.7. The third-order valence-electron chi connectivity index (χ3n) is 2.19. The van der Waals surface area contributed by atoms with Crippen molar-refractivity contribution in [1.82, 2.24) is 20.0 Å². The highest BCUT2D eigenvalue weighted by molar-refractivity contribution is 6.33. The SMILES string of the molecule is O=C(O)c1cnc(NCCn2ccnn2)c(Cl)c1. The van der Waals surface area contributed by atoms with Gasteiger partial charge in [-0.15, -0.1) is 5.10 Å². The van der Waals surface area contributed by atoms with Crippen molar-refractivity contribution < 1.29 is 9.90 Å². The van der Waals surface area contributed by atoms with Crippen LogP contribution in [0.15, 0.2) is 24.7 Å². The first-order chi connectivity index (χ1) is 8.66. The molecule has 0 unspecified atom stereocenters. The second-order valence-electron chi connectivity index (χ2n) is 3.45. The predicted molar refractivity (Wildman–Crippen MR) is 64.7 cm³/mol. The van der Waals surface area contributed by atoms with Gasteiger partial charge in [0, 0.05) is 18.9 Å². The minimum atomic E-state index is -1.06. The van der Waals surface area contributed by atoms with E-state index < -0.39 is 5.97 Å². The monoisotopic (exact) mass is 267 g/mol. The van der Waals surface area contributed by atoms with Crippen molar-refractivity contribution in [3.05, 3.63) is 35.2 Å². The first-order valence-corrected chi connectivity index (χ1v) is 5.51. The minimum absolute atomic E-state index is 0.0572. The Morgan fingerprint density at radius 3 is 3.00 bits per heavy atom. The number of nitrogens with one attached hydrogen (secondary N) is 1. The average molecular weight is 268 g/mol. The van der Waals surface area contributed by atoms with Gasteiger partial charge in [0.1, 0.15) is 5.82 Å². The van der Waals surface area contributed by atoms with Crippen LogP contribution in [0, 0.1) is 0 Å². The molecule has 94 valence electrons. The lowest BCUT2D eigenvalue weighted by atomic mass is 10.3. The predicted octanol–water partition coefficient (Wildman–Crippen LogP) is 1.14. The molecule has 18 heavy (non-hydrogen) atoms. The number of aromatic nitrogens is 4. The summed E-state index contributed by atoms with van der Waals surface area (Å²) in [6, 6.07) is 1.36. The molecule has 0 saturated heterocycles. The molecule has 2 aromatic rings. The highest BCUT2D eigenvalue weighted by atomic mass is 35.5. The topological polar surface area (TPSA) is 92.9 Å². The maximum absolute atomic E-state index is 10.7. The number of halogens is 1. The number of rotatable bonds is 5. The first kappa shape index (κ1) is 12.3. The molecule has 0 bridgehead atoms. The van der Waals surface area contributed by atoms with E-state index in [2.05, 4.69) is 20.6 Å². The molecule has 2 heterocycles. The van der Waals surface area contributed by atoms with Crippen LogP contribution < -0.4 is 5.32 Å². The van der Waals surface area contributed by atoms with Gasteiger partial charge in [-0.1, -0.05) is 16.8 Å². The van der Waals surface area contributed by atoms with Crippen LogP contribution in [0.1, 0.15) is 10.4 Å². The van der Waals surface area contributed by atoms with Crippen LogP contribution in [0.5, 0.6) is 0 Å². The van der Waals surface area contributed by atoms with Crippen molar-refractivity contribution >= 4 is 23.4 Å². The molecule has 0 fully saturated rings. The fraction of sp³-hybridized carbons (Fsp3) is 0.200. The van der Waals surface area contributed by atoms with Crippen LogP contribution in [0.3, 0.4) is 0 Å². The molecule has 7 nitrogen and oxygen atoms in total. The van der Waals surface area contributed by atoms with Crippen molar-refractivity contribution in [2.75, 3.05) is 11.9 Å². The zero-order chi connectivity index (χ0) is 13.0. The molecule has 0 aliphatic rings. The van der Waals surface area contributed by atoms with Gasteiger partial charge in [0.2, 0.25) is 0 Å². The number of aromatic carboxylic acids is 1. The largest absolute Gasteiger partial charge is 0.478 e. The Morgan fingerprint density at radius 1 is 1.56 bits per heavy atom. The molecule has 0 atom stereocenters. The Balaban J connectivity index is 1.95. The van der Waals surface area contributed by atoms with E-state index in [1.807, 2.05) is 0 Å². The number of hydrogen-bond acceptors (Lipinski definition) is 5. The molecule has 2 N–H and O–H groups in total. The summed E-state index contributed by atoms with van der Waals surface area (Å²) in [5, 5.41) is 19.5. The smallest absolute Gasteiger partial charge is 0.337 e. The average Bonchev–Trinajstić information content (AvgIpc) is 2.84. The van der Waals surface area contributed by atoms with Crippen LogP contribution in [-0.2, 0) is 6.54 Å². The summed E-state index contributed by atoms with van der Waals surface area (Å²) in [5.74, 6) is -0.611. The van der Waals surface area contributed by atoms with Gasteiger partial charge < -0.3 is 10.4 Å². The van der Waals surface area contributed by atoms with Crippen molar-refractivity contribution in [2.45, 2.75) is 6.54 Å². The molecule has 0 saturated carbocycles. The lowest BCUT2D eigenvalue weighted by molar-refractivity contribution is 0.0696. The number of carboxylic acid groups (broad SMARTS) is 1. The van der Waals surface area contributed by atoms with Crippen molar-refractivity contribution in [3.63, 3.8) is 0 Å².